The van der Waals surface area contributed by atoms with Crippen LogP contribution in [0.5, 0.6) is 11.5 Å². The van der Waals surface area contributed by atoms with E-state index in [1.807, 2.05) is 31.2 Å². The van der Waals surface area contributed by atoms with Crippen LogP contribution in [-0.2, 0) is 0 Å². The van der Waals surface area contributed by atoms with Crippen LogP contribution in [0, 0.1) is 12.8 Å². The van der Waals surface area contributed by atoms with E-state index in [-0.39, 0.29) is 0 Å². The summed E-state index contributed by atoms with van der Waals surface area (Å²) in [5, 5.41) is 6.59. The molecule has 2 N–H and O–H groups in total. The van der Waals surface area contributed by atoms with Gasteiger partial charge >= 0.3 is 0 Å². The molecule has 6 nitrogen and oxygen atoms in total. The lowest BCUT2D eigenvalue weighted by atomic mass is 10.2. The predicted molar refractivity (Wildman–Crippen MR) is 92.9 cm³/mol. The van der Waals surface area contributed by atoms with Crippen molar-refractivity contribution in [2.75, 3.05) is 31.4 Å². The normalized spacial score (nSPS) is 10.5. The minimum Gasteiger partial charge on any atom is -0.497 e. The SMILES string of the molecule is COc1ccc(Nc2cc(NCC(C)C)nc(C)n2)c(OC)c1. The van der Waals surface area contributed by atoms with E-state index in [1.165, 1.54) is 0 Å². The van der Waals surface area contributed by atoms with E-state index < -0.39 is 0 Å². The number of ether oxygens (including phenoxy) is 2. The van der Waals surface area contributed by atoms with E-state index in [2.05, 4.69) is 34.4 Å². The molecule has 0 radical (unpaired) electrons. The molecule has 0 aliphatic heterocycles. The molecule has 6 heteroatoms. The van der Waals surface area contributed by atoms with Gasteiger partial charge in [0.2, 0.25) is 0 Å². The van der Waals surface area contributed by atoms with Crippen molar-refractivity contribution >= 4 is 17.3 Å². The highest BCUT2D eigenvalue weighted by atomic mass is 16.5. The highest BCUT2D eigenvalue weighted by Crippen LogP contribution is 2.31. The van der Waals surface area contributed by atoms with Gasteiger partial charge < -0.3 is 20.1 Å². The van der Waals surface area contributed by atoms with Crippen LogP contribution in [-0.4, -0.2) is 30.7 Å². The van der Waals surface area contributed by atoms with Gasteiger partial charge in [-0.1, -0.05) is 13.8 Å². The fourth-order valence-electron chi connectivity index (χ4n) is 2.07. The molecule has 1 heterocycles. The van der Waals surface area contributed by atoms with Crippen molar-refractivity contribution in [1.82, 2.24) is 9.97 Å². The first kappa shape index (κ1) is 16.9. The Balaban J connectivity index is 2.22. The van der Waals surface area contributed by atoms with Crippen molar-refractivity contribution in [2.24, 2.45) is 5.92 Å². The lowest BCUT2D eigenvalue weighted by molar-refractivity contribution is 0.395. The van der Waals surface area contributed by atoms with Crippen molar-refractivity contribution in [3.63, 3.8) is 0 Å². The van der Waals surface area contributed by atoms with Crippen LogP contribution in [0.3, 0.4) is 0 Å². The summed E-state index contributed by atoms with van der Waals surface area (Å²) < 4.78 is 10.6. The third-order valence-electron chi connectivity index (χ3n) is 3.20. The zero-order chi connectivity index (χ0) is 16.8. The summed E-state index contributed by atoms with van der Waals surface area (Å²) in [4.78, 5) is 8.83. The number of anilines is 3. The highest BCUT2D eigenvalue weighted by Gasteiger charge is 2.08. The Morgan fingerprint density at radius 1 is 1.04 bits per heavy atom. The number of hydrogen-bond acceptors (Lipinski definition) is 6. The third kappa shape index (κ3) is 4.74. The van der Waals surface area contributed by atoms with Gasteiger partial charge in [-0.25, -0.2) is 9.97 Å². The lowest BCUT2D eigenvalue weighted by Crippen LogP contribution is -2.10. The Bertz CT molecular complexity index is 659. The Morgan fingerprint density at radius 2 is 1.78 bits per heavy atom. The number of aromatic nitrogens is 2. The number of aryl methyl sites for hydroxylation is 1. The monoisotopic (exact) mass is 316 g/mol. The summed E-state index contributed by atoms with van der Waals surface area (Å²) in [6.07, 6.45) is 0. The maximum Gasteiger partial charge on any atom is 0.146 e. The predicted octanol–water partition coefficient (Wildman–Crippen LogP) is 3.61. The number of nitrogens with zero attached hydrogens (tertiary/aromatic N) is 2. The van der Waals surface area contributed by atoms with Gasteiger partial charge in [-0.05, 0) is 25.0 Å². The molecule has 1 aromatic heterocycles. The summed E-state index contributed by atoms with van der Waals surface area (Å²) in [7, 11) is 3.25. The van der Waals surface area contributed by atoms with E-state index in [9.17, 15) is 0 Å². The highest BCUT2D eigenvalue weighted by molar-refractivity contribution is 5.67. The smallest absolute Gasteiger partial charge is 0.146 e. The van der Waals surface area contributed by atoms with E-state index in [4.69, 9.17) is 9.47 Å². The van der Waals surface area contributed by atoms with E-state index in [1.54, 1.807) is 14.2 Å². The van der Waals surface area contributed by atoms with E-state index in [0.29, 0.717) is 23.3 Å². The molecule has 0 aliphatic rings. The fraction of sp³-hybridized carbons (Fsp3) is 0.412. The topological polar surface area (TPSA) is 68.3 Å². The molecule has 0 fully saturated rings. The Kier molecular flexibility index (Phi) is 5.62. The average molecular weight is 316 g/mol. The molecule has 23 heavy (non-hydrogen) atoms. The van der Waals surface area contributed by atoms with Crippen LogP contribution in [0.15, 0.2) is 24.3 Å². The Labute approximate surface area is 137 Å². The molecule has 2 aromatic rings. The number of hydrogen-bond donors (Lipinski definition) is 2. The summed E-state index contributed by atoms with van der Waals surface area (Å²) in [6, 6.07) is 7.49. The molecule has 0 unspecified atom stereocenters. The summed E-state index contributed by atoms with van der Waals surface area (Å²) >= 11 is 0. The van der Waals surface area contributed by atoms with Gasteiger partial charge in [0.15, 0.2) is 0 Å². The van der Waals surface area contributed by atoms with Crippen molar-refractivity contribution < 1.29 is 9.47 Å². The Morgan fingerprint density at radius 3 is 2.43 bits per heavy atom. The first-order valence-electron chi connectivity index (χ1n) is 7.60. The summed E-state index contributed by atoms with van der Waals surface area (Å²) in [6.45, 7) is 7.05. The standard InChI is InChI=1S/C17H24N4O2/c1-11(2)10-18-16-9-17(20-12(3)19-16)21-14-7-6-13(22-4)8-15(14)23-5/h6-9,11H,10H2,1-5H3,(H2,18,19,20,21). The van der Waals surface area contributed by atoms with Crippen LogP contribution >= 0.6 is 0 Å². The molecule has 0 saturated heterocycles. The van der Waals surface area contributed by atoms with Crippen LogP contribution in [0.25, 0.3) is 0 Å². The second kappa shape index (κ2) is 7.67. The van der Waals surface area contributed by atoms with Gasteiger partial charge in [-0.15, -0.1) is 0 Å². The van der Waals surface area contributed by atoms with Crippen molar-refractivity contribution in [3.8, 4) is 11.5 Å². The van der Waals surface area contributed by atoms with Gasteiger partial charge in [0.25, 0.3) is 0 Å². The van der Waals surface area contributed by atoms with Crippen molar-refractivity contribution in [2.45, 2.75) is 20.8 Å². The van der Waals surface area contributed by atoms with Crippen LogP contribution in [0.1, 0.15) is 19.7 Å². The number of methoxy groups -OCH3 is 2. The zero-order valence-electron chi connectivity index (χ0n) is 14.3. The van der Waals surface area contributed by atoms with Crippen molar-refractivity contribution in [3.05, 3.63) is 30.1 Å². The van der Waals surface area contributed by atoms with Crippen LogP contribution < -0.4 is 20.1 Å². The maximum atomic E-state index is 5.40. The Hall–Kier alpha value is -2.50. The van der Waals surface area contributed by atoms with Gasteiger partial charge in [-0.2, -0.15) is 0 Å². The quantitative estimate of drug-likeness (QED) is 0.813. The summed E-state index contributed by atoms with van der Waals surface area (Å²) in [5.74, 6) is 4.20. The summed E-state index contributed by atoms with van der Waals surface area (Å²) in [5.41, 5.74) is 0.821. The largest absolute Gasteiger partial charge is 0.497 e. The number of nitrogens with one attached hydrogen (secondary N) is 2. The van der Waals surface area contributed by atoms with Gasteiger partial charge in [0, 0.05) is 18.7 Å². The van der Waals surface area contributed by atoms with Crippen LogP contribution in [0.2, 0.25) is 0 Å². The molecule has 0 atom stereocenters. The molecule has 124 valence electrons. The number of rotatable bonds is 7. The molecule has 2 rings (SSSR count). The van der Waals surface area contributed by atoms with Gasteiger partial charge in [0.05, 0.1) is 19.9 Å². The van der Waals surface area contributed by atoms with E-state index in [0.717, 1.165) is 23.8 Å². The molecule has 1 aromatic carbocycles. The lowest BCUT2D eigenvalue weighted by Gasteiger charge is -2.14. The van der Waals surface area contributed by atoms with Crippen molar-refractivity contribution in [1.29, 1.82) is 0 Å². The molecule has 0 spiro atoms. The van der Waals surface area contributed by atoms with Gasteiger partial charge in [0.1, 0.15) is 29.0 Å². The fourth-order valence-corrected chi connectivity index (χ4v) is 2.07. The second-order valence-electron chi connectivity index (χ2n) is 5.65. The molecule has 0 bridgehead atoms. The molecule has 0 amide bonds. The van der Waals surface area contributed by atoms with Gasteiger partial charge in [-0.3, -0.25) is 0 Å². The average Bonchev–Trinajstić information content (AvgIpc) is 2.52. The zero-order valence-corrected chi connectivity index (χ0v) is 14.3. The molecule has 0 saturated carbocycles. The number of benzene rings is 1. The first-order chi connectivity index (χ1) is 11.0. The molecular formula is C17H24N4O2. The van der Waals surface area contributed by atoms with E-state index >= 15 is 0 Å². The first-order valence-corrected chi connectivity index (χ1v) is 7.60. The maximum absolute atomic E-state index is 5.40. The van der Waals surface area contributed by atoms with Crippen LogP contribution in [0.4, 0.5) is 17.3 Å². The third-order valence-corrected chi connectivity index (χ3v) is 3.20. The minimum absolute atomic E-state index is 0.545. The minimum atomic E-state index is 0.545. The second-order valence-corrected chi connectivity index (χ2v) is 5.65. The molecule has 0 aliphatic carbocycles. The molecular weight excluding hydrogens is 292 g/mol.